The third kappa shape index (κ3) is 10.9. The SMILES string of the molecule is Cl.O=C(c1cccc(F)c1F)N1CCC2(CC1)N[C@@H](Cc1ccccc1)C(=O)N2Cc1ccccc1.O=C(c1cccc(F)c1F)N1CCC2(CC1)N[C@@H](Cc1ccccc1)C(=O)N2Cc1ccccc1. The summed E-state index contributed by atoms with van der Waals surface area (Å²) in [5.41, 5.74) is 2.46. The summed E-state index contributed by atoms with van der Waals surface area (Å²) in [7, 11) is 0. The molecular weight excluding hydrogens is 932 g/mol. The predicted molar refractivity (Wildman–Crippen MR) is 264 cm³/mol. The second-order valence-electron chi connectivity index (χ2n) is 18.4. The molecule has 4 aliphatic heterocycles. The lowest BCUT2D eigenvalue weighted by Crippen LogP contribution is -2.59. The van der Waals surface area contributed by atoms with Crippen molar-refractivity contribution in [2.24, 2.45) is 0 Å². The molecule has 15 heteroatoms. The van der Waals surface area contributed by atoms with Gasteiger partial charge >= 0.3 is 0 Å². The number of carbonyl (C=O) groups excluding carboxylic acids is 4. The average molecular weight is 988 g/mol. The van der Waals surface area contributed by atoms with Crippen LogP contribution in [0.5, 0.6) is 0 Å². The number of carbonyl (C=O) groups is 4. The van der Waals surface area contributed by atoms with Crippen LogP contribution >= 0.6 is 12.4 Å². The Bertz CT molecular complexity index is 2620. The number of nitrogens with zero attached hydrogens (tertiary/aromatic N) is 4. The lowest BCUT2D eigenvalue weighted by atomic mass is 9.94. The van der Waals surface area contributed by atoms with Gasteiger partial charge < -0.3 is 19.6 Å². The van der Waals surface area contributed by atoms with E-state index in [0.29, 0.717) is 77.8 Å². The van der Waals surface area contributed by atoms with E-state index in [1.54, 1.807) is 9.80 Å². The number of hydrogen-bond donors (Lipinski definition) is 2. The third-order valence-corrected chi connectivity index (χ3v) is 14.1. The molecule has 4 heterocycles. The number of benzene rings is 6. The van der Waals surface area contributed by atoms with E-state index in [0.717, 1.165) is 34.4 Å². The monoisotopic (exact) mass is 986 g/mol. The van der Waals surface area contributed by atoms with E-state index in [9.17, 15) is 36.7 Å². The predicted octanol–water partition coefficient (Wildman–Crippen LogP) is 8.70. The van der Waals surface area contributed by atoms with Crippen molar-refractivity contribution in [2.45, 2.75) is 75.0 Å². The van der Waals surface area contributed by atoms with E-state index >= 15 is 0 Å². The zero-order chi connectivity index (χ0) is 48.8. The molecule has 0 bridgehead atoms. The van der Waals surface area contributed by atoms with Crippen LogP contribution < -0.4 is 10.6 Å². The Hall–Kier alpha value is -6.87. The van der Waals surface area contributed by atoms with Crippen LogP contribution in [-0.2, 0) is 35.5 Å². The largest absolute Gasteiger partial charge is 0.338 e. The summed E-state index contributed by atoms with van der Waals surface area (Å²) in [4.78, 5) is 60.0. The summed E-state index contributed by atoms with van der Waals surface area (Å²) in [5.74, 6) is -5.31. The van der Waals surface area contributed by atoms with Gasteiger partial charge in [0.15, 0.2) is 23.3 Å². The van der Waals surface area contributed by atoms with Gasteiger partial charge in [-0.2, -0.15) is 0 Å². The number of hydrogen-bond acceptors (Lipinski definition) is 6. The van der Waals surface area contributed by atoms with Gasteiger partial charge in [-0.05, 0) is 59.4 Å². The van der Waals surface area contributed by atoms with Crippen molar-refractivity contribution < 1.29 is 36.7 Å². The Morgan fingerprint density at radius 3 is 1.08 bits per heavy atom. The second kappa shape index (κ2) is 22.0. The van der Waals surface area contributed by atoms with E-state index in [2.05, 4.69) is 10.6 Å². The normalized spacial score (nSPS) is 19.1. The first-order valence-corrected chi connectivity index (χ1v) is 23.7. The van der Waals surface area contributed by atoms with Crippen LogP contribution in [0, 0.1) is 23.3 Å². The third-order valence-electron chi connectivity index (χ3n) is 14.1. The maximum absolute atomic E-state index is 14.2. The summed E-state index contributed by atoms with van der Waals surface area (Å²) < 4.78 is 55.8. The Labute approximate surface area is 417 Å². The molecule has 2 atom stereocenters. The molecule has 10 nitrogen and oxygen atoms in total. The highest BCUT2D eigenvalue weighted by atomic mass is 35.5. The second-order valence-corrected chi connectivity index (χ2v) is 18.4. The van der Waals surface area contributed by atoms with E-state index in [-0.39, 0.29) is 47.4 Å². The Kier molecular flexibility index (Phi) is 15.7. The van der Waals surface area contributed by atoms with E-state index < -0.39 is 46.4 Å². The minimum Gasteiger partial charge on any atom is -0.338 e. The van der Waals surface area contributed by atoms with Gasteiger partial charge in [0.05, 0.1) is 34.5 Å². The quantitative estimate of drug-likeness (QED) is 0.133. The van der Waals surface area contributed by atoms with Crippen LogP contribution in [0.2, 0.25) is 0 Å². The molecule has 4 amide bonds. The fourth-order valence-electron chi connectivity index (χ4n) is 10.4. The lowest BCUT2D eigenvalue weighted by molar-refractivity contribution is -0.135. The van der Waals surface area contributed by atoms with E-state index in [4.69, 9.17) is 0 Å². The standard InChI is InChI=1S/2C28H27F2N3O2.ClH/c2*29-23-13-7-12-22(25(23)30)26(34)32-16-14-28(15-17-32)31-24(18-20-8-3-1-4-9-20)27(35)33(28)19-21-10-5-2-6-11-21;/h2*1-13,24,31H,14-19H2;1H/t2*24-;/m00./s1. The van der Waals surface area contributed by atoms with Crippen molar-refractivity contribution in [3.8, 4) is 0 Å². The first kappa shape index (κ1) is 50.5. The maximum Gasteiger partial charge on any atom is 0.256 e. The molecule has 71 heavy (non-hydrogen) atoms. The molecule has 0 aromatic heterocycles. The average Bonchev–Trinajstić information content (AvgIpc) is 3.77. The molecule has 0 aliphatic carbocycles. The molecule has 0 radical (unpaired) electrons. The number of halogens is 5. The molecule has 0 unspecified atom stereocenters. The van der Waals surface area contributed by atoms with Crippen LogP contribution in [-0.4, -0.2) is 92.8 Å². The van der Waals surface area contributed by atoms with Gasteiger partial charge in [-0.3, -0.25) is 29.8 Å². The van der Waals surface area contributed by atoms with Crippen molar-refractivity contribution >= 4 is 36.0 Å². The molecule has 4 saturated heterocycles. The van der Waals surface area contributed by atoms with Crippen LogP contribution in [0.1, 0.15) is 68.7 Å². The summed E-state index contributed by atoms with van der Waals surface area (Å²) in [6, 6.07) is 46.0. The smallest absolute Gasteiger partial charge is 0.256 e. The van der Waals surface area contributed by atoms with E-state index in [1.165, 1.54) is 24.3 Å². The van der Waals surface area contributed by atoms with Gasteiger partial charge in [-0.1, -0.05) is 133 Å². The summed E-state index contributed by atoms with van der Waals surface area (Å²) >= 11 is 0. The van der Waals surface area contributed by atoms with Gasteiger partial charge in [0, 0.05) is 65.0 Å². The molecule has 2 N–H and O–H groups in total. The van der Waals surface area contributed by atoms with Crippen LogP contribution in [0.25, 0.3) is 0 Å². The number of rotatable bonds is 10. The summed E-state index contributed by atoms with van der Waals surface area (Å²) in [6.07, 6.45) is 3.14. The minimum absolute atomic E-state index is 0. The molecule has 4 aliphatic rings. The first-order valence-electron chi connectivity index (χ1n) is 23.7. The van der Waals surface area contributed by atoms with Crippen molar-refractivity contribution in [2.75, 3.05) is 26.2 Å². The Balaban J connectivity index is 0.000000188. The number of likely N-dealkylation sites (tertiary alicyclic amines) is 2. The highest BCUT2D eigenvalue weighted by Gasteiger charge is 2.53. The first-order chi connectivity index (χ1) is 33.9. The van der Waals surface area contributed by atoms with Crippen LogP contribution in [0.3, 0.4) is 0 Å². The fourth-order valence-corrected chi connectivity index (χ4v) is 10.4. The highest BCUT2D eigenvalue weighted by molar-refractivity contribution is 5.95. The lowest BCUT2D eigenvalue weighted by Gasteiger charge is -2.44. The van der Waals surface area contributed by atoms with Crippen molar-refractivity contribution in [3.63, 3.8) is 0 Å². The molecule has 10 rings (SSSR count). The van der Waals surface area contributed by atoms with Crippen LogP contribution in [0.4, 0.5) is 17.6 Å². The summed E-state index contributed by atoms with van der Waals surface area (Å²) in [6.45, 7) is 2.25. The molecule has 368 valence electrons. The van der Waals surface area contributed by atoms with Gasteiger partial charge in [-0.25, -0.2) is 17.6 Å². The molecule has 0 saturated carbocycles. The number of amides is 4. The van der Waals surface area contributed by atoms with Gasteiger partial charge in [-0.15, -0.1) is 12.4 Å². The van der Waals surface area contributed by atoms with Crippen molar-refractivity contribution in [1.82, 2.24) is 30.2 Å². The van der Waals surface area contributed by atoms with Gasteiger partial charge in [0.1, 0.15) is 0 Å². The molecular formula is C56H55ClF4N6O4. The molecule has 6 aromatic carbocycles. The van der Waals surface area contributed by atoms with Crippen molar-refractivity contribution in [3.05, 3.63) is 214 Å². The van der Waals surface area contributed by atoms with E-state index in [1.807, 2.05) is 131 Å². The topological polar surface area (TPSA) is 105 Å². The molecule has 4 fully saturated rings. The summed E-state index contributed by atoms with van der Waals surface area (Å²) in [5, 5.41) is 7.20. The van der Waals surface area contributed by atoms with Gasteiger partial charge in [0.25, 0.3) is 11.8 Å². The zero-order valence-electron chi connectivity index (χ0n) is 39.0. The zero-order valence-corrected chi connectivity index (χ0v) is 39.8. The van der Waals surface area contributed by atoms with Crippen LogP contribution in [0.15, 0.2) is 158 Å². The fraction of sp³-hybridized carbons (Fsp3) is 0.286. The van der Waals surface area contributed by atoms with Crippen molar-refractivity contribution in [1.29, 1.82) is 0 Å². The molecule has 6 aromatic rings. The number of piperidine rings is 2. The minimum atomic E-state index is -1.12. The molecule has 2 spiro atoms. The Morgan fingerprint density at radius 1 is 0.451 bits per heavy atom. The Morgan fingerprint density at radius 2 is 0.761 bits per heavy atom. The maximum atomic E-state index is 14.2. The van der Waals surface area contributed by atoms with Gasteiger partial charge in [0.2, 0.25) is 11.8 Å². The number of nitrogens with one attached hydrogen (secondary N) is 2. The highest BCUT2D eigenvalue weighted by Crippen LogP contribution is 2.37.